The quantitative estimate of drug-likeness (QED) is 0.677. The van der Waals surface area contributed by atoms with E-state index in [1.54, 1.807) is 0 Å². The molecule has 0 amide bonds. The first-order valence-corrected chi connectivity index (χ1v) is 9.31. The molecule has 3 rings (SSSR count). The van der Waals surface area contributed by atoms with E-state index in [0.29, 0.717) is 11.0 Å². The molecule has 0 atom stereocenters. The summed E-state index contributed by atoms with van der Waals surface area (Å²) < 4.78 is 1.90. The second kappa shape index (κ2) is 7.33. The first-order valence-electron chi connectivity index (χ1n) is 8.32. The number of carbonyl (C=O) groups is 1. The van der Waals surface area contributed by atoms with Crippen LogP contribution in [0.1, 0.15) is 26.3 Å². The minimum atomic E-state index is -0.881. The molecular formula is C20H21N3O2S. The van der Waals surface area contributed by atoms with E-state index in [-0.39, 0.29) is 11.2 Å². The Morgan fingerprint density at radius 2 is 1.69 bits per heavy atom. The van der Waals surface area contributed by atoms with E-state index in [1.807, 2.05) is 47.0 Å². The topological polar surface area (TPSA) is 68.0 Å². The van der Waals surface area contributed by atoms with Gasteiger partial charge in [0.1, 0.15) is 0 Å². The van der Waals surface area contributed by atoms with Gasteiger partial charge in [0.15, 0.2) is 11.0 Å². The first kappa shape index (κ1) is 18.2. The fraction of sp³-hybridized carbons (Fsp3) is 0.250. The maximum Gasteiger partial charge on any atom is 0.313 e. The van der Waals surface area contributed by atoms with Gasteiger partial charge in [-0.25, -0.2) is 0 Å². The number of carboxylic acids is 1. The second-order valence-electron chi connectivity index (χ2n) is 6.99. The van der Waals surface area contributed by atoms with Gasteiger partial charge in [-0.05, 0) is 23.1 Å². The fourth-order valence-corrected chi connectivity index (χ4v) is 3.28. The number of hydrogen-bond acceptors (Lipinski definition) is 4. The number of benzene rings is 2. The van der Waals surface area contributed by atoms with E-state index >= 15 is 0 Å². The van der Waals surface area contributed by atoms with Gasteiger partial charge in [0, 0.05) is 11.3 Å². The van der Waals surface area contributed by atoms with Crippen molar-refractivity contribution in [3.63, 3.8) is 0 Å². The third-order valence-corrected chi connectivity index (χ3v) is 4.90. The molecule has 1 N–H and O–H groups in total. The van der Waals surface area contributed by atoms with Gasteiger partial charge in [-0.15, -0.1) is 10.2 Å². The normalized spacial score (nSPS) is 11.5. The molecule has 26 heavy (non-hydrogen) atoms. The molecule has 134 valence electrons. The Morgan fingerprint density at radius 1 is 1.04 bits per heavy atom. The lowest BCUT2D eigenvalue weighted by Gasteiger charge is -2.19. The highest BCUT2D eigenvalue weighted by atomic mass is 32.2. The number of thioether (sulfide) groups is 1. The average molecular weight is 367 g/mol. The molecule has 2 aromatic carbocycles. The van der Waals surface area contributed by atoms with Crippen LogP contribution in [0, 0.1) is 0 Å². The molecule has 5 nitrogen and oxygen atoms in total. The molecule has 0 spiro atoms. The van der Waals surface area contributed by atoms with Crippen molar-refractivity contribution >= 4 is 17.7 Å². The summed E-state index contributed by atoms with van der Waals surface area (Å²) in [6.07, 6.45) is 0. The summed E-state index contributed by atoms with van der Waals surface area (Å²) in [5.74, 6) is -0.244. The van der Waals surface area contributed by atoms with Crippen LogP contribution in [0.3, 0.4) is 0 Å². The van der Waals surface area contributed by atoms with Crippen molar-refractivity contribution < 1.29 is 9.90 Å². The lowest BCUT2D eigenvalue weighted by Crippen LogP contribution is -2.10. The first-order chi connectivity index (χ1) is 12.4. The van der Waals surface area contributed by atoms with E-state index in [0.717, 1.165) is 23.0 Å². The maximum atomic E-state index is 11.0. The number of carboxylic acid groups (broad SMARTS) is 1. The Kier molecular flexibility index (Phi) is 5.13. The largest absolute Gasteiger partial charge is 0.481 e. The fourth-order valence-electron chi connectivity index (χ4n) is 2.61. The van der Waals surface area contributed by atoms with Gasteiger partial charge < -0.3 is 5.11 Å². The molecule has 0 aliphatic carbocycles. The summed E-state index contributed by atoms with van der Waals surface area (Å²) in [7, 11) is 0. The third kappa shape index (κ3) is 3.96. The van der Waals surface area contributed by atoms with Crippen molar-refractivity contribution in [2.24, 2.45) is 0 Å². The Hall–Kier alpha value is -2.60. The highest BCUT2D eigenvalue weighted by molar-refractivity contribution is 7.99. The van der Waals surface area contributed by atoms with Crippen LogP contribution in [0.4, 0.5) is 0 Å². The van der Waals surface area contributed by atoms with E-state index in [1.165, 1.54) is 5.56 Å². The van der Waals surface area contributed by atoms with Crippen LogP contribution in [0.5, 0.6) is 0 Å². The van der Waals surface area contributed by atoms with Gasteiger partial charge in [0.25, 0.3) is 0 Å². The Bertz CT molecular complexity index is 897. The van der Waals surface area contributed by atoms with Gasteiger partial charge >= 0.3 is 5.97 Å². The van der Waals surface area contributed by atoms with Gasteiger partial charge in [-0.1, -0.05) is 75.0 Å². The molecule has 6 heteroatoms. The van der Waals surface area contributed by atoms with Crippen molar-refractivity contribution in [3.05, 3.63) is 60.2 Å². The molecule has 0 bridgehead atoms. The predicted molar refractivity (Wildman–Crippen MR) is 104 cm³/mol. The zero-order chi connectivity index (χ0) is 18.7. The van der Waals surface area contributed by atoms with E-state index in [4.69, 9.17) is 5.11 Å². The molecule has 0 radical (unpaired) electrons. The van der Waals surface area contributed by atoms with Crippen LogP contribution in [-0.4, -0.2) is 31.6 Å². The molecule has 0 aliphatic rings. The lowest BCUT2D eigenvalue weighted by molar-refractivity contribution is -0.133. The number of nitrogens with zero attached hydrogens (tertiary/aromatic N) is 3. The van der Waals surface area contributed by atoms with E-state index in [9.17, 15) is 4.79 Å². The monoisotopic (exact) mass is 367 g/mol. The minimum absolute atomic E-state index is 0.0616. The maximum absolute atomic E-state index is 11.0. The Labute approximate surface area is 157 Å². The number of aromatic nitrogens is 3. The van der Waals surface area contributed by atoms with Crippen LogP contribution in [0.2, 0.25) is 0 Å². The van der Waals surface area contributed by atoms with Crippen molar-refractivity contribution in [1.82, 2.24) is 14.8 Å². The highest BCUT2D eigenvalue weighted by Gasteiger charge is 2.18. The standard InChI is InChI=1S/C20H21N3O2S/c1-20(2,3)15-11-9-14(10-12-15)18-21-22-19(26-13-17(24)25)23(18)16-7-5-4-6-8-16/h4-12H,13H2,1-3H3,(H,24,25). The summed E-state index contributed by atoms with van der Waals surface area (Å²) >= 11 is 1.16. The SMILES string of the molecule is CC(C)(C)c1ccc(-c2nnc(SCC(=O)O)n2-c2ccccc2)cc1. The number of rotatable bonds is 5. The number of aliphatic carboxylic acids is 1. The summed E-state index contributed by atoms with van der Waals surface area (Å²) in [5.41, 5.74) is 3.16. The molecule has 0 fully saturated rings. The molecule has 1 aromatic heterocycles. The molecule has 3 aromatic rings. The van der Waals surface area contributed by atoms with Crippen molar-refractivity contribution in [3.8, 4) is 17.1 Å². The van der Waals surface area contributed by atoms with E-state index in [2.05, 4.69) is 43.1 Å². The summed E-state index contributed by atoms with van der Waals surface area (Å²) in [5, 5.41) is 18.1. The highest BCUT2D eigenvalue weighted by Crippen LogP contribution is 2.30. The van der Waals surface area contributed by atoms with Crippen molar-refractivity contribution in [1.29, 1.82) is 0 Å². The minimum Gasteiger partial charge on any atom is -0.481 e. The molecule has 0 saturated carbocycles. The van der Waals surface area contributed by atoms with Crippen molar-refractivity contribution in [2.45, 2.75) is 31.3 Å². The van der Waals surface area contributed by atoms with Crippen LogP contribution >= 0.6 is 11.8 Å². The number of hydrogen-bond donors (Lipinski definition) is 1. The summed E-state index contributed by atoms with van der Waals surface area (Å²) in [6.45, 7) is 6.53. The summed E-state index contributed by atoms with van der Waals surface area (Å²) in [6, 6.07) is 18.0. The molecule has 0 saturated heterocycles. The molecule has 1 heterocycles. The van der Waals surface area contributed by atoms with E-state index < -0.39 is 5.97 Å². The molecule has 0 aliphatic heterocycles. The molecular weight excluding hydrogens is 346 g/mol. The van der Waals surface area contributed by atoms with Gasteiger partial charge in [-0.2, -0.15) is 0 Å². The Morgan fingerprint density at radius 3 is 2.27 bits per heavy atom. The Balaban J connectivity index is 2.05. The van der Waals surface area contributed by atoms with Crippen LogP contribution < -0.4 is 0 Å². The van der Waals surface area contributed by atoms with Gasteiger partial charge in [-0.3, -0.25) is 9.36 Å². The van der Waals surface area contributed by atoms with Crippen LogP contribution in [0.15, 0.2) is 59.8 Å². The van der Waals surface area contributed by atoms with Crippen LogP contribution in [-0.2, 0) is 10.2 Å². The average Bonchev–Trinajstić information content (AvgIpc) is 3.04. The third-order valence-electron chi connectivity index (χ3n) is 3.98. The predicted octanol–water partition coefficient (Wildman–Crippen LogP) is 4.41. The summed E-state index contributed by atoms with van der Waals surface area (Å²) in [4.78, 5) is 11.0. The zero-order valence-electron chi connectivity index (χ0n) is 15.0. The second-order valence-corrected chi connectivity index (χ2v) is 7.93. The van der Waals surface area contributed by atoms with Crippen LogP contribution in [0.25, 0.3) is 17.1 Å². The molecule has 0 unspecified atom stereocenters. The lowest BCUT2D eigenvalue weighted by atomic mass is 9.87. The van der Waals surface area contributed by atoms with Crippen molar-refractivity contribution in [2.75, 3.05) is 5.75 Å². The zero-order valence-corrected chi connectivity index (χ0v) is 15.8. The number of para-hydroxylation sites is 1. The smallest absolute Gasteiger partial charge is 0.313 e. The van der Waals surface area contributed by atoms with Gasteiger partial charge in [0.2, 0.25) is 0 Å². The van der Waals surface area contributed by atoms with Gasteiger partial charge in [0.05, 0.1) is 5.75 Å².